The molecule has 0 aliphatic rings. The lowest BCUT2D eigenvalue weighted by Gasteiger charge is -2.05. The molecule has 30 heavy (non-hydrogen) atoms. The first-order valence-electron chi connectivity index (χ1n) is 9.05. The zero-order valence-electron chi connectivity index (χ0n) is 15.7. The highest BCUT2D eigenvalue weighted by Crippen LogP contribution is 2.32. The molecule has 0 bridgehead atoms. The van der Waals surface area contributed by atoms with Crippen molar-refractivity contribution in [3.05, 3.63) is 71.8 Å². The monoisotopic (exact) mass is 430 g/mol. The Balaban J connectivity index is 1.47. The van der Waals surface area contributed by atoms with Crippen LogP contribution in [0.3, 0.4) is 0 Å². The van der Waals surface area contributed by atoms with Crippen LogP contribution in [-0.4, -0.2) is 30.8 Å². The number of fused-ring (bicyclic) bond motifs is 1. The van der Waals surface area contributed by atoms with E-state index < -0.39 is 0 Å². The fourth-order valence-electron chi connectivity index (χ4n) is 2.93. The van der Waals surface area contributed by atoms with Crippen LogP contribution in [0, 0.1) is 6.92 Å². The molecule has 0 radical (unpaired) electrons. The predicted octanol–water partition coefficient (Wildman–Crippen LogP) is 4.83. The molecule has 7 nitrogen and oxygen atoms in total. The molecule has 4 aromatic heterocycles. The van der Waals surface area contributed by atoms with Gasteiger partial charge in [-0.05, 0) is 31.2 Å². The van der Waals surface area contributed by atoms with Crippen molar-refractivity contribution in [1.29, 1.82) is 0 Å². The van der Waals surface area contributed by atoms with Crippen molar-refractivity contribution in [2.75, 3.05) is 5.32 Å². The number of benzene rings is 1. The second kappa shape index (κ2) is 7.69. The van der Waals surface area contributed by atoms with Crippen LogP contribution in [0.25, 0.3) is 31.5 Å². The van der Waals surface area contributed by atoms with Gasteiger partial charge in [0.1, 0.15) is 21.5 Å². The Labute approximate surface area is 179 Å². The lowest BCUT2D eigenvalue weighted by atomic mass is 10.3. The van der Waals surface area contributed by atoms with E-state index in [0.717, 1.165) is 25.7 Å². The predicted molar refractivity (Wildman–Crippen MR) is 119 cm³/mol. The van der Waals surface area contributed by atoms with E-state index in [-0.39, 0.29) is 11.6 Å². The molecule has 0 unspecified atom stereocenters. The van der Waals surface area contributed by atoms with Gasteiger partial charge in [0.15, 0.2) is 5.69 Å². The Kier molecular flexibility index (Phi) is 4.74. The van der Waals surface area contributed by atoms with Gasteiger partial charge in [-0.25, -0.2) is 19.9 Å². The number of hydrogen-bond acceptors (Lipinski definition) is 8. The van der Waals surface area contributed by atoms with Gasteiger partial charge in [0, 0.05) is 35.2 Å². The Hall–Kier alpha value is -3.56. The van der Waals surface area contributed by atoms with Gasteiger partial charge in [-0.15, -0.1) is 22.7 Å². The molecule has 0 fully saturated rings. The number of nitrogens with zero attached hydrogens (tertiary/aromatic N) is 5. The molecule has 1 amide bonds. The van der Waals surface area contributed by atoms with Gasteiger partial charge in [0.05, 0.1) is 10.2 Å². The van der Waals surface area contributed by atoms with Gasteiger partial charge in [0.2, 0.25) is 0 Å². The number of nitrogens with one attached hydrogen (secondary N) is 1. The Morgan fingerprint density at radius 2 is 1.80 bits per heavy atom. The van der Waals surface area contributed by atoms with E-state index in [2.05, 4.69) is 30.2 Å². The zero-order valence-corrected chi connectivity index (χ0v) is 17.4. The minimum Gasteiger partial charge on any atom is -0.304 e. The second-order valence-corrected chi connectivity index (χ2v) is 8.59. The Morgan fingerprint density at radius 3 is 2.63 bits per heavy atom. The number of aryl methyl sites for hydroxylation is 1. The first-order valence-corrected chi connectivity index (χ1v) is 10.7. The lowest BCUT2D eigenvalue weighted by molar-refractivity contribution is 0.102. The molecule has 0 saturated carbocycles. The molecular formula is C21H14N6OS2. The molecule has 0 atom stereocenters. The maximum absolute atomic E-state index is 13.0. The number of pyridine rings is 1. The number of carbonyl (C=O) groups is 1. The molecule has 1 N–H and O–H groups in total. The van der Waals surface area contributed by atoms with Crippen molar-refractivity contribution in [3.8, 4) is 21.3 Å². The molecular weight excluding hydrogens is 416 g/mol. The minimum absolute atomic E-state index is 0.215. The number of para-hydroxylation sites is 1. The van der Waals surface area contributed by atoms with Crippen LogP contribution in [0.5, 0.6) is 0 Å². The highest BCUT2D eigenvalue weighted by molar-refractivity contribution is 7.21. The normalized spacial score (nSPS) is 11.0. The molecule has 0 aliphatic heterocycles. The van der Waals surface area contributed by atoms with Gasteiger partial charge in [-0.1, -0.05) is 12.1 Å². The molecule has 1 aromatic carbocycles. The van der Waals surface area contributed by atoms with Crippen LogP contribution in [0.1, 0.15) is 15.4 Å². The van der Waals surface area contributed by atoms with Gasteiger partial charge >= 0.3 is 0 Å². The average Bonchev–Trinajstić information content (AvgIpc) is 3.38. The summed E-state index contributed by atoms with van der Waals surface area (Å²) in [4.78, 5) is 35.9. The van der Waals surface area contributed by atoms with Crippen LogP contribution >= 0.6 is 22.7 Å². The molecule has 4 heterocycles. The van der Waals surface area contributed by atoms with E-state index in [0.29, 0.717) is 16.5 Å². The van der Waals surface area contributed by atoms with Crippen molar-refractivity contribution in [2.45, 2.75) is 6.92 Å². The first-order chi connectivity index (χ1) is 14.7. The largest absolute Gasteiger partial charge is 0.304 e. The summed E-state index contributed by atoms with van der Waals surface area (Å²) in [5.41, 5.74) is 2.44. The summed E-state index contributed by atoms with van der Waals surface area (Å²) in [7, 11) is 0. The lowest BCUT2D eigenvalue weighted by Crippen LogP contribution is -2.16. The minimum atomic E-state index is -0.372. The molecule has 0 aliphatic carbocycles. The number of aromatic nitrogens is 5. The zero-order chi connectivity index (χ0) is 20.5. The van der Waals surface area contributed by atoms with E-state index in [1.165, 1.54) is 28.9 Å². The topological polar surface area (TPSA) is 93.6 Å². The molecule has 5 aromatic rings. The van der Waals surface area contributed by atoms with E-state index in [4.69, 9.17) is 0 Å². The summed E-state index contributed by atoms with van der Waals surface area (Å²) in [6, 6.07) is 11.6. The Morgan fingerprint density at radius 1 is 0.933 bits per heavy atom. The number of thiazole rings is 2. The van der Waals surface area contributed by atoms with Crippen molar-refractivity contribution in [2.24, 2.45) is 0 Å². The SMILES string of the molecule is Cc1sc(-c2cccnc2)nc1NC(=O)c1nccnc1-c1nc2ccccc2s1. The van der Waals surface area contributed by atoms with Crippen molar-refractivity contribution >= 4 is 44.6 Å². The number of anilines is 1. The number of carbonyl (C=O) groups excluding carboxylic acids is 1. The molecule has 5 rings (SSSR count). The van der Waals surface area contributed by atoms with E-state index in [9.17, 15) is 4.79 Å². The summed E-state index contributed by atoms with van der Waals surface area (Å²) in [6.45, 7) is 1.91. The van der Waals surface area contributed by atoms with E-state index in [1.54, 1.807) is 18.6 Å². The van der Waals surface area contributed by atoms with Gasteiger partial charge < -0.3 is 5.32 Å². The van der Waals surface area contributed by atoms with Crippen LogP contribution in [0.4, 0.5) is 5.82 Å². The number of hydrogen-bond donors (Lipinski definition) is 1. The first kappa shape index (κ1) is 18.5. The molecule has 146 valence electrons. The molecule has 0 spiro atoms. The summed E-state index contributed by atoms with van der Waals surface area (Å²) >= 11 is 2.97. The van der Waals surface area contributed by atoms with Crippen LogP contribution in [-0.2, 0) is 0 Å². The second-order valence-electron chi connectivity index (χ2n) is 6.36. The summed E-state index contributed by atoms with van der Waals surface area (Å²) in [6.07, 6.45) is 6.52. The number of rotatable bonds is 4. The molecule has 9 heteroatoms. The summed E-state index contributed by atoms with van der Waals surface area (Å²) in [5, 5.41) is 4.32. The maximum Gasteiger partial charge on any atom is 0.277 e. The van der Waals surface area contributed by atoms with Crippen molar-refractivity contribution in [1.82, 2.24) is 24.9 Å². The maximum atomic E-state index is 13.0. The molecule has 0 saturated heterocycles. The van der Waals surface area contributed by atoms with E-state index in [1.807, 2.05) is 43.3 Å². The third-order valence-electron chi connectivity index (χ3n) is 4.35. The van der Waals surface area contributed by atoms with Gasteiger partial charge in [-0.2, -0.15) is 0 Å². The average molecular weight is 431 g/mol. The fourth-order valence-corrected chi connectivity index (χ4v) is 4.75. The van der Waals surface area contributed by atoms with Crippen LogP contribution in [0.15, 0.2) is 61.2 Å². The third-order valence-corrected chi connectivity index (χ3v) is 6.41. The fraction of sp³-hybridized carbons (Fsp3) is 0.0476. The highest BCUT2D eigenvalue weighted by Gasteiger charge is 2.21. The van der Waals surface area contributed by atoms with Crippen molar-refractivity contribution < 1.29 is 4.79 Å². The van der Waals surface area contributed by atoms with Crippen LogP contribution in [0.2, 0.25) is 0 Å². The van der Waals surface area contributed by atoms with Gasteiger partial charge in [0.25, 0.3) is 5.91 Å². The third kappa shape index (κ3) is 3.44. The number of amides is 1. The highest BCUT2D eigenvalue weighted by atomic mass is 32.1. The quantitative estimate of drug-likeness (QED) is 0.439. The Bertz CT molecular complexity index is 1330. The smallest absolute Gasteiger partial charge is 0.277 e. The summed E-state index contributed by atoms with van der Waals surface area (Å²) < 4.78 is 1.03. The van der Waals surface area contributed by atoms with Gasteiger partial charge in [-0.3, -0.25) is 9.78 Å². The van der Waals surface area contributed by atoms with Crippen LogP contribution < -0.4 is 5.32 Å². The van der Waals surface area contributed by atoms with E-state index >= 15 is 0 Å². The summed E-state index contributed by atoms with van der Waals surface area (Å²) in [5.74, 6) is 0.133. The van der Waals surface area contributed by atoms with Crippen molar-refractivity contribution in [3.63, 3.8) is 0 Å². The standard InChI is InChI=1S/C21H14N6OS2/c1-12-18(27-20(29-12)13-5-4-8-22-11-13)26-19(28)16-17(24-10-9-23-16)21-25-14-6-2-3-7-15(14)30-21/h2-11H,1H3,(H,26,28).